The minimum atomic E-state index is -4.26. The number of hydrogen-bond acceptors (Lipinski definition) is 10. The number of nitrogens with two attached hydrogens (primary N) is 1. The van der Waals surface area contributed by atoms with Crippen LogP contribution in [0.3, 0.4) is 0 Å². The van der Waals surface area contributed by atoms with E-state index in [0.717, 1.165) is 4.31 Å². The highest BCUT2D eigenvalue weighted by molar-refractivity contribution is 7.89. The van der Waals surface area contributed by atoms with Crippen molar-refractivity contribution in [2.45, 2.75) is 4.90 Å². The van der Waals surface area contributed by atoms with Gasteiger partial charge in [0.15, 0.2) is 5.43 Å². The van der Waals surface area contributed by atoms with E-state index in [1.165, 1.54) is 24.3 Å². The Morgan fingerprint density at radius 2 is 1.47 bits per heavy atom. The van der Waals surface area contributed by atoms with E-state index in [0.29, 0.717) is 16.7 Å². The summed E-state index contributed by atoms with van der Waals surface area (Å²) in [5, 5.41) is 0.381. The van der Waals surface area contributed by atoms with Crippen molar-refractivity contribution in [2.75, 3.05) is 32.0 Å². The van der Waals surface area contributed by atoms with Gasteiger partial charge in [0.25, 0.3) is 0 Å². The number of sulfonamides is 1. The Bertz CT molecular complexity index is 1340. The smallest absolute Gasteiger partial charge is 0.488 e. The number of hydrogen-bond donors (Lipinski definition) is 2. The fourth-order valence-corrected chi connectivity index (χ4v) is 4.96. The molecule has 0 fully saturated rings. The normalized spacial score (nSPS) is 13.1. The van der Waals surface area contributed by atoms with E-state index < -0.39 is 58.3 Å². The highest BCUT2D eigenvalue weighted by Crippen LogP contribution is 2.23. The summed E-state index contributed by atoms with van der Waals surface area (Å²) in [7, 11) is -10.7. The Morgan fingerprint density at radius 3 is 2.03 bits per heavy atom. The molecule has 2 unspecified atom stereocenters. The number of H-pyrrole nitrogens is 1. The van der Waals surface area contributed by atoms with Crippen LogP contribution >= 0.6 is 16.5 Å². The van der Waals surface area contributed by atoms with Crippen LogP contribution in [0, 0.1) is 0 Å². The quantitative estimate of drug-likeness (QED) is 0.222. The molecule has 0 saturated carbocycles. The molecule has 170 valence electrons. The summed E-state index contributed by atoms with van der Waals surface area (Å²) in [6.07, 6.45) is 0. The molecule has 15 heteroatoms. The lowest BCUT2D eigenvalue weighted by Crippen LogP contribution is -2.36. The molecule has 0 bridgehead atoms. The van der Waals surface area contributed by atoms with Crippen LogP contribution in [-0.4, -0.2) is 44.0 Å². The molecule has 1 aromatic heterocycles. The van der Waals surface area contributed by atoms with Crippen LogP contribution in [0.2, 0.25) is 0 Å². The standard InChI is InChI=1S/C17H17N3O9P2S/c18-11-1-3-15-13(9-11)17(21)14-10-12(2-4-16(14)19-15)32(26,27)20(5-7-28-30(22)23)6-8-29-31(24)25/h1-4,9-10H,5-8,18H2,(H,19,21). The summed E-state index contributed by atoms with van der Waals surface area (Å²) in [5.74, 6) is 0. The van der Waals surface area contributed by atoms with Crippen LogP contribution in [0.25, 0.3) is 21.8 Å². The van der Waals surface area contributed by atoms with Crippen LogP contribution in [-0.2, 0) is 28.2 Å². The molecule has 3 N–H and O–H groups in total. The fourth-order valence-electron chi connectivity index (χ4n) is 3.07. The number of pyridine rings is 1. The van der Waals surface area contributed by atoms with Gasteiger partial charge in [-0.3, -0.25) is 4.79 Å². The molecule has 3 rings (SSSR count). The van der Waals surface area contributed by atoms with E-state index >= 15 is 0 Å². The lowest BCUT2D eigenvalue weighted by Gasteiger charge is -2.20. The maximum absolute atomic E-state index is 13.1. The molecule has 1 heterocycles. The number of nitrogens with one attached hydrogen (secondary N) is 1. The second-order valence-electron chi connectivity index (χ2n) is 6.48. The highest BCUT2D eigenvalue weighted by Gasteiger charge is 2.26. The molecule has 0 aliphatic rings. The number of rotatable bonds is 10. The van der Waals surface area contributed by atoms with Crippen molar-refractivity contribution in [3.8, 4) is 0 Å². The van der Waals surface area contributed by atoms with E-state index in [1.54, 1.807) is 12.1 Å². The molecular weight excluding hydrogens is 484 g/mol. The zero-order valence-electron chi connectivity index (χ0n) is 16.3. The van der Waals surface area contributed by atoms with Crippen molar-refractivity contribution in [1.29, 1.82) is 0 Å². The van der Waals surface area contributed by atoms with Crippen LogP contribution in [0.4, 0.5) is 5.69 Å². The zero-order valence-corrected chi connectivity index (χ0v) is 18.9. The first-order chi connectivity index (χ1) is 15.1. The summed E-state index contributed by atoms with van der Waals surface area (Å²) < 4.78 is 57.1. The number of benzene rings is 2. The van der Waals surface area contributed by atoms with Crippen molar-refractivity contribution < 1.29 is 36.4 Å². The first-order valence-electron chi connectivity index (χ1n) is 8.99. The van der Waals surface area contributed by atoms with Crippen molar-refractivity contribution in [3.63, 3.8) is 0 Å². The third kappa shape index (κ3) is 5.52. The van der Waals surface area contributed by atoms with Gasteiger partial charge in [-0.25, -0.2) is 8.42 Å². The summed E-state index contributed by atoms with van der Waals surface area (Å²) in [6, 6.07) is 8.62. The van der Waals surface area contributed by atoms with Crippen LogP contribution in [0.5, 0.6) is 0 Å². The molecule has 0 aliphatic heterocycles. The van der Waals surface area contributed by atoms with Gasteiger partial charge in [0.1, 0.15) is 13.2 Å². The SMILES string of the molecule is Nc1ccc2[nH]c3ccc(S(=O)(=O)N(CCO[P+](=O)[O-])CCO[P+](=O)[O-])cc3c(=O)c2c1. The molecule has 0 saturated heterocycles. The molecule has 3 aromatic rings. The molecular formula is C17H17N3O9P2S. The van der Waals surface area contributed by atoms with Crippen molar-refractivity contribution >= 4 is 54.0 Å². The minimum Gasteiger partial charge on any atom is -0.566 e. The predicted molar refractivity (Wildman–Crippen MR) is 112 cm³/mol. The van der Waals surface area contributed by atoms with Crippen molar-refractivity contribution in [1.82, 2.24) is 9.29 Å². The first kappa shape index (κ1) is 24.3. The summed E-state index contributed by atoms with van der Waals surface area (Å²) in [5.41, 5.74) is 6.61. The van der Waals surface area contributed by atoms with Gasteiger partial charge in [0, 0.05) is 40.6 Å². The fraction of sp³-hybridized carbons (Fsp3) is 0.235. The van der Waals surface area contributed by atoms with Gasteiger partial charge in [-0.1, -0.05) is 0 Å². The monoisotopic (exact) mass is 501 g/mol. The van der Waals surface area contributed by atoms with E-state index in [-0.39, 0.29) is 15.7 Å². The van der Waals surface area contributed by atoms with Gasteiger partial charge in [0.2, 0.25) is 10.0 Å². The lowest BCUT2D eigenvalue weighted by molar-refractivity contribution is -0.186. The van der Waals surface area contributed by atoms with Gasteiger partial charge in [-0.2, -0.15) is 4.31 Å². The highest BCUT2D eigenvalue weighted by atomic mass is 32.2. The molecule has 0 spiro atoms. The number of nitrogen functional groups attached to an aromatic ring is 1. The molecule has 2 aromatic carbocycles. The third-order valence-corrected chi connectivity index (χ3v) is 7.19. The molecule has 0 radical (unpaired) electrons. The Hall–Kier alpha value is -2.34. The maximum atomic E-state index is 13.1. The van der Waals surface area contributed by atoms with E-state index in [2.05, 4.69) is 14.0 Å². The Labute approximate surface area is 183 Å². The average Bonchev–Trinajstić information content (AvgIpc) is 2.72. The average molecular weight is 501 g/mol. The largest absolute Gasteiger partial charge is 0.566 e. The van der Waals surface area contributed by atoms with Crippen LogP contribution in [0.1, 0.15) is 0 Å². The second-order valence-corrected chi connectivity index (χ2v) is 9.83. The topological polar surface area (TPSA) is 195 Å². The van der Waals surface area contributed by atoms with Crippen LogP contribution in [0.15, 0.2) is 46.1 Å². The van der Waals surface area contributed by atoms with E-state index in [1.807, 2.05) is 0 Å². The summed E-state index contributed by atoms with van der Waals surface area (Å²) in [6.45, 7) is -1.76. The lowest BCUT2D eigenvalue weighted by atomic mass is 10.1. The summed E-state index contributed by atoms with van der Waals surface area (Å²) >= 11 is 0. The molecule has 0 amide bonds. The molecule has 32 heavy (non-hydrogen) atoms. The number of anilines is 1. The Balaban J connectivity index is 2.02. The number of aromatic nitrogens is 1. The van der Waals surface area contributed by atoms with Crippen molar-refractivity contribution in [3.05, 3.63) is 46.6 Å². The van der Waals surface area contributed by atoms with Gasteiger partial charge in [-0.15, -0.1) is 9.05 Å². The van der Waals surface area contributed by atoms with E-state index in [9.17, 15) is 32.1 Å². The predicted octanol–water partition coefficient (Wildman–Crippen LogP) is 0.323. The Morgan fingerprint density at radius 1 is 0.938 bits per heavy atom. The molecule has 12 nitrogen and oxygen atoms in total. The summed E-state index contributed by atoms with van der Waals surface area (Å²) in [4.78, 5) is 36.9. The maximum Gasteiger partial charge on any atom is 0.488 e. The van der Waals surface area contributed by atoms with Gasteiger partial charge < -0.3 is 20.5 Å². The van der Waals surface area contributed by atoms with Gasteiger partial charge in [0.05, 0.1) is 4.90 Å². The van der Waals surface area contributed by atoms with Gasteiger partial charge >= 0.3 is 16.5 Å². The van der Waals surface area contributed by atoms with Gasteiger partial charge in [-0.05, 0) is 45.5 Å². The number of aromatic amines is 1. The van der Waals surface area contributed by atoms with E-state index in [4.69, 9.17) is 5.73 Å². The first-order valence-corrected chi connectivity index (χ1v) is 12.6. The second kappa shape index (κ2) is 10.1. The molecule has 2 atom stereocenters. The van der Waals surface area contributed by atoms with Crippen LogP contribution < -0.4 is 20.9 Å². The third-order valence-electron chi connectivity index (χ3n) is 4.51. The molecule has 0 aliphatic carbocycles. The zero-order chi connectivity index (χ0) is 23.5. The number of nitrogens with zero attached hydrogens (tertiary/aromatic N) is 1. The van der Waals surface area contributed by atoms with Crippen molar-refractivity contribution in [2.24, 2.45) is 0 Å². The number of fused-ring (bicyclic) bond motifs is 2. The minimum absolute atomic E-state index is 0.0990. The Kier molecular flexibility index (Phi) is 7.65.